The Labute approximate surface area is 221 Å². The van der Waals surface area contributed by atoms with Crippen LogP contribution in [0, 0.1) is 0 Å². The molecule has 0 N–H and O–H groups in total. The fourth-order valence-electron chi connectivity index (χ4n) is 5.06. The summed E-state index contributed by atoms with van der Waals surface area (Å²) in [6.45, 7) is 0. The first kappa shape index (κ1) is 22.1. The van der Waals surface area contributed by atoms with Crippen molar-refractivity contribution >= 4 is 39.0 Å². The maximum Gasteiger partial charge on any atom is 0.138 e. The molecule has 3 nitrogen and oxygen atoms in total. The van der Waals surface area contributed by atoms with Crippen molar-refractivity contribution in [2.24, 2.45) is 0 Å². The molecule has 3 heteroatoms. The topological polar surface area (TPSA) is 29.3 Å². The third kappa shape index (κ3) is 4.00. The second-order valence-corrected chi connectivity index (χ2v) is 9.32. The third-order valence-corrected chi connectivity index (χ3v) is 6.98. The molecule has 0 radical (unpaired) electrons. The second-order valence-electron chi connectivity index (χ2n) is 9.32. The highest BCUT2D eigenvalue weighted by Gasteiger charge is 2.16. The van der Waals surface area contributed by atoms with Gasteiger partial charge in [0.05, 0.1) is 0 Å². The van der Waals surface area contributed by atoms with Gasteiger partial charge in [0, 0.05) is 40.2 Å². The zero-order valence-electron chi connectivity index (χ0n) is 20.7. The Balaban J connectivity index is 1.35. The zero-order valence-corrected chi connectivity index (χ0v) is 20.7. The lowest BCUT2D eigenvalue weighted by atomic mass is 10.0. The zero-order chi connectivity index (χ0) is 25.3. The van der Waals surface area contributed by atoms with Gasteiger partial charge in [0.25, 0.3) is 0 Å². The minimum absolute atomic E-state index is 0.845. The first-order chi connectivity index (χ1) is 18.8. The van der Waals surface area contributed by atoms with Crippen LogP contribution in [0.25, 0.3) is 44.2 Å². The number of benzene rings is 5. The van der Waals surface area contributed by atoms with E-state index in [2.05, 4.69) is 119 Å². The number of rotatable bonds is 5. The maximum atomic E-state index is 6.07. The Bertz CT molecular complexity index is 1760. The van der Waals surface area contributed by atoms with Crippen LogP contribution in [-0.2, 0) is 0 Å². The molecule has 7 rings (SSSR count). The Morgan fingerprint density at radius 1 is 0.447 bits per heavy atom. The largest absolute Gasteiger partial charge is 0.456 e. The summed E-state index contributed by atoms with van der Waals surface area (Å²) >= 11 is 0. The van der Waals surface area contributed by atoms with Crippen LogP contribution in [0.15, 0.2) is 150 Å². The molecule has 0 fully saturated rings. The average molecular weight is 489 g/mol. The van der Waals surface area contributed by atoms with Crippen molar-refractivity contribution in [1.29, 1.82) is 0 Å². The Morgan fingerprint density at radius 2 is 0.947 bits per heavy atom. The highest BCUT2D eigenvalue weighted by Crippen LogP contribution is 2.39. The van der Waals surface area contributed by atoms with Crippen LogP contribution in [0.5, 0.6) is 0 Å². The van der Waals surface area contributed by atoms with Crippen LogP contribution < -0.4 is 4.90 Å². The van der Waals surface area contributed by atoms with Crippen LogP contribution >= 0.6 is 0 Å². The molecule has 0 amide bonds. The molecular formula is C35H24N2O. The van der Waals surface area contributed by atoms with Gasteiger partial charge >= 0.3 is 0 Å². The summed E-state index contributed by atoms with van der Waals surface area (Å²) < 4.78 is 6.07. The van der Waals surface area contributed by atoms with Crippen molar-refractivity contribution in [1.82, 2.24) is 4.98 Å². The molecule has 180 valence electrons. The van der Waals surface area contributed by atoms with E-state index >= 15 is 0 Å². The third-order valence-electron chi connectivity index (χ3n) is 6.98. The van der Waals surface area contributed by atoms with Crippen LogP contribution in [0.2, 0.25) is 0 Å². The van der Waals surface area contributed by atoms with Crippen molar-refractivity contribution in [2.75, 3.05) is 4.90 Å². The van der Waals surface area contributed by atoms with Crippen molar-refractivity contribution in [3.63, 3.8) is 0 Å². The lowest BCUT2D eigenvalue weighted by Gasteiger charge is -2.26. The SMILES string of the molecule is c1ccc(-c2ccc(N(c3ccc(-c4ccccc4)cc3)c3ccc4oc5ccncc5c4c3)cc2)cc1. The molecule has 0 aliphatic heterocycles. The molecule has 0 saturated heterocycles. The monoisotopic (exact) mass is 488 g/mol. The minimum atomic E-state index is 0.845. The van der Waals surface area contributed by atoms with Crippen molar-refractivity contribution in [3.05, 3.63) is 146 Å². The fraction of sp³-hybridized carbons (Fsp3) is 0. The highest BCUT2D eigenvalue weighted by molar-refractivity contribution is 6.06. The number of furan rings is 1. The van der Waals surface area contributed by atoms with Gasteiger partial charge in [0.2, 0.25) is 0 Å². The quantitative estimate of drug-likeness (QED) is 0.241. The number of hydrogen-bond donors (Lipinski definition) is 0. The standard InChI is InChI=1S/C35H24N2O/c1-3-7-25(8-4-1)27-11-15-29(16-12-27)37(30-17-13-28(14-18-30)26-9-5-2-6-10-26)31-19-20-34-32(23-31)33-24-36-22-21-35(33)38-34/h1-24H. The van der Waals surface area contributed by atoms with E-state index < -0.39 is 0 Å². The van der Waals surface area contributed by atoms with E-state index in [1.54, 1.807) is 6.20 Å². The summed E-state index contributed by atoms with van der Waals surface area (Å²) in [5, 5.41) is 2.07. The predicted octanol–water partition coefficient (Wildman–Crippen LogP) is 9.78. The van der Waals surface area contributed by atoms with Crippen molar-refractivity contribution in [3.8, 4) is 22.3 Å². The number of hydrogen-bond acceptors (Lipinski definition) is 3. The van der Waals surface area contributed by atoms with Gasteiger partial charge in [-0.25, -0.2) is 0 Å². The van der Waals surface area contributed by atoms with Gasteiger partial charge in [-0.2, -0.15) is 0 Å². The van der Waals surface area contributed by atoms with Gasteiger partial charge in [-0.3, -0.25) is 4.98 Å². The van der Waals surface area contributed by atoms with E-state index in [-0.39, 0.29) is 0 Å². The van der Waals surface area contributed by atoms with E-state index in [0.717, 1.165) is 39.0 Å². The van der Waals surface area contributed by atoms with E-state index in [0.29, 0.717) is 0 Å². The van der Waals surface area contributed by atoms with E-state index in [1.807, 2.05) is 30.5 Å². The smallest absolute Gasteiger partial charge is 0.138 e. The molecule has 0 bridgehead atoms. The summed E-state index contributed by atoms with van der Waals surface area (Å²) in [6.07, 6.45) is 3.64. The molecule has 2 aromatic heterocycles. The summed E-state index contributed by atoms with van der Waals surface area (Å²) in [6, 6.07) is 46.7. The molecular weight excluding hydrogens is 464 g/mol. The van der Waals surface area contributed by atoms with Gasteiger partial charge < -0.3 is 9.32 Å². The number of nitrogens with zero attached hydrogens (tertiary/aromatic N) is 2. The number of fused-ring (bicyclic) bond motifs is 3. The highest BCUT2D eigenvalue weighted by atomic mass is 16.3. The fourth-order valence-corrected chi connectivity index (χ4v) is 5.06. The first-order valence-corrected chi connectivity index (χ1v) is 12.7. The molecule has 5 aromatic carbocycles. The normalized spacial score (nSPS) is 11.2. The number of pyridine rings is 1. The van der Waals surface area contributed by atoms with Crippen LogP contribution in [-0.4, -0.2) is 4.98 Å². The molecule has 38 heavy (non-hydrogen) atoms. The Kier molecular flexibility index (Phi) is 5.45. The molecule has 0 aliphatic carbocycles. The van der Waals surface area contributed by atoms with E-state index in [1.165, 1.54) is 22.3 Å². The van der Waals surface area contributed by atoms with Gasteiger partial charge in [-0.15, -0.1) is 0 Å². The molecule has 2 heterocycles. The van der Waals surface area contributed by atoms with Gasteiger partial charge in [-0.1, -0.05) is 84.9 Å². The van der Waals surface area contributed by atoms with Crippen LogP contribution in [0.4, 0.5) is 17.1 Å². The van der Waals surface area contributed by atoms with E-state index in [4.69, 9.17) is 4.42 Å². The Hall–Kier alpha value is -5.15. The van der Waals surface area contributed by atoms with Crippen molar-refractivity contribution in [2.45, 2.75) is 0 Å². The first-order valence-electron chi connectivity index (χ1n) is 12.7. The molecule has 7 aromatic rings. The maximum absolute atomic E-state index is 6.07. The summed E-state index contributed by atoms with van der Waals surface area (Å²) in [5.74, 6) is 0. The lowest BCUT2D eigenvalue weighted by Crippen LogP contribution is -2.09. The molecule has 0 saturated carbocycles. The van der Waals surface area contributed by atoms with Gasteiger partial charge in [-0.05, 0) is 70.8 Å². The minimum Gasteiger partial charge on any atom is -0.456 e. The average Bonchev–Trinajstić information content (AvgIpc) is 3.37. The molecule has 0 atom stereocenters. The van der Waals surface area contributed by atoms with Gasteiger partial charge in [0.1, 0.15) is 11.2 Å². The van der Waals surface area contributed by atoms with Gasteiger partial charge in [0.15, 0.2) is 0 Å². The summed E-state index contributed by atoms with van der Waals surface area (Å²) in [5.41, 5.74) is 9.72. The van der Waals surface area contributed by atoms with Crippen LogP contribution in [0.1, 0.15) is 0 Å². The predicted molar refractivity (Wildman–Crippen MR) is 157 cm³/mol. The molecule has 0 aliphatic rings. The molecule has 0 spiro atoms. The molecule has 0 unspecified atom stereocenters. The van der Waals surface area contributed by atoms with E-state index in [9.17, 15) is 0 Å². The lowest BCUT2D eigenvalue weighted by molar-refractivity contribution is 0.668. The Morgan fingerprint density at radius 3 is 1.53 bits per heavy atom. The summed E-state index contributed by atoms with van der Waals surface area (Å²) in [7, 11) is 0. The summed E-state index contributed by atoms with van der Waals surface area (Å²) in [4.78, 5) is 6.62. The second kappa shape index (κ2) is 9.38. The van der Waals surface area contributed by atoms with Crippen LogP contribution in [0.3, 0.4) is 0 Å². The van der Waals surface area contributed by atoms with Crippen molar-refractivity contribution < 1.29 is 4.42 Å². The number of anilines is 3. The number of aromatic nitrogens is 1.